The zero-order valence-corrected chi connectivity index (χ0v) is 14.3. The second-order valence-corrected chi connectivity index (χ2v) is 5.81. The van der Waals surface area contributed by atoms with Crippen LogP contribution in [-0.4, -0.2) is 15.9 Å². The molecule has 0 atom stereocenters. The third-order valence-electron chi connectivity index (χ3n) is 3.35. The number of anilines is 3. The molecule has 0 bridgehead atoms. The SMILES string of the molecule is Cc1nc(Nc2cccc(F)c2)cc(C(=O)Nc2ccc(F)c(Cl)c2)n1. The van der Waals surface area contributed by atoms with Gasteiger partial charge in [0.25, 0.3) is 5.91 Å². The van der Waals surface area contributed by atoms with E-state index in [2.05, 4.69) is 20.6 Å². The van der Waals surface area contributed by atoms with E-state index in [9.17, 15) is 13.6 Å². The first-order valence-electron chi connectivity index (χ1n) is 7.55. The van der Waals surface area contributed by atoms with E-state index in [4.69, 9.17) is 11.6 Å². The van der Waals surface area contributed by atoms with Gasteiger partial charge >= 0.3 is 0 Å². The maximum absolute atomic E-state index is 13.3. The van der Waals surface area contributed by atoms with Gasteiger partial charge in [-0.2, -0.15) is 0 Å². The summed E-state index contributed by atoms with van der Waals surface area (Å²) in [5, 5.41) is 5.40. The first-order valence-corrected chi connectivity index (χ1v) is 7.93. The predicted molar refractivity (Wildman–Crippen MR) is 95.8 cm³/mol. The lowest BCUT2D eigenvalue weighted by atomic mass is 10.2. The normalized spacial score (nSPS) is 10.5. The highest BCUT2D eigenvalue weighted by atomic mass is 35.5. The number of aromatic nitrogens is 2. The summed E-state index contributed by atoms with van der Waals surface area (Å²) >= 11 is 5.70. The van der Waals surface area contributed by atoms with Crippen molar-refractivity contribution in [2.45, 2.75) is 6.92 Å². The van der Waals surface area contributed by atoms with Crippen molar-refractivity contribution in [3.63, 3.8) is 0 Å². The van der Waals surface area contributed by atoms with Gasteiger partial charge in [-0.1, -0.05) is 17.7 Å². The number of nitrogens with one attached hydrogen (secondary N) is 2. The third-order valence-corrected chi connectivity index (χ3v) is 3.63. The molecule has 0 fully saturated rings. The summed E-state index contributed by atoms with van der Waals surface area (Å²) in [6, 6.07) is 11.1. The van der Waals surface area contributed by atoms with Gasteiger partial charge in [-0.25, -0.2) is 18.7 Å². The Hall–Kier alpha value is -3.06. The molecule has 0 aliphatic carbocycles. The highest BCUT2D eigenvalue weighted by Crippen LogP contribution is 2.21. The predicted octanol–water partition coefficient (Wildman–Crippen LogP) is 4.71. The van der Waals surface area contributed by atoms with Crippen LogP contribution in [0, 0.1) is 18.6 Å². The van der Waals surface area contributed by atoms with Crippen LogP contribution in [0.25, 0.3) is 0 Å². The van der Waals surface area contributed by atoms with Crippen LogP contribution in [-0.2, 0) is 0 Å². The molecule has 5 nitrogen and oxygen atoms in total. The maximum atomic E-state index is 13.3. The van der Waals surface area contributed by atoms with Crippen molar-refractivity contribution in [3.05, 3.63) is 76.7 Å². The van der Waals surface area contributed by atoms with Crippen molar-refractivity contribution in [3.8, 4) is 0 Å². The van der Waals surface area contributed by atoms with Gasteiger partial charge in [-0.05, 0) is 43.3 Å². The average molecular weight is 375 g/mol. The lowest BCUT2D eigenvalue weighted by molar-refractivity contribution is 0.102. The maximum Gasteiger partial charge on any atom is 0.274 e. The number of benzene rings is 2. The molecule has 3 rings (SSSR count). The van der Waals surface area contributed by atoms with Gasteiger partial charge in [0.2, 0.25) is 0 Å². The summed E-state index contributed by atoms with van der Waals surface area (Å²) < 4.78 is 26.5. The Labute approximate surface area is 153 Å². The molecule has 0 saturated carbocycles. The van der Waals surface area contributed by atoms with Crippen molar-refractivity contribution in [1.29, 1.82) is 0 Å². The first kappa shape index (κ1) is 17.8. The Bertz CT molecular complexity index is 981. The van der Waals surface area contributed by atoms with E-state index in [0.29, 0.717) is 23.0 Å². The summed E-state index contributed by atoms with van der Waals surface area (Å²) in [5.41, 5.74) is 0.911. The van der Waals surface area contributed by atoms with Gasteiger partial charge in [0.15, 0.2) is 0 Å². The van der Waals surface area contributed by atoms with Crippen LogP contribution in [0.15, 0.2) is 48.5 Å². The molecule has 0 unspecified atom stereocenters. The van der Waals surface area contributed by atoms with Gasteiger partial charge < -0.3 is 10.6 Å². The molecule has 1 aromatic heterocycles. The van der Waals surface area contributed by atoms with Crippen molar-refractivity contribution in [2.75, 3.05) is 10.6 Å². The van der Waals surface area contributed by atoms with E-state index in [-0.39, 0.29) is 10.7 Å². The number of amides is 1. The van der Waals surface area contributed by atoms with Crippen LogP contribution in [0.5, 0.6) is 0 Å². The van der Waals surface area contributed by atoms with Crippen LogP contribution in [0.4, 0.5) is 26.0 Å². The number of carbonyl (C=O) groups is 1. The average Bonchev–Trinajstić information content (AvgIpc) is 2.57. The Morgan fingerprint density at radius 2 is 1.85 bits per heavy atom. The highest BCUT2D eigenvalue weighted by Gasteiger charge is 2.12. The summed E-state index contributed by atoms with van der Waals surface area (Å²) in [7, 11) is 0. The summed E-state index contributed by atoms with van der Waals surface area (Å²) in [4.78, 5) is 20.7. The smallest absolute Gasteiger partial charge is 0.274 e. The molecule has 0 spiro atoms. The van der Waals surface area contributed by atoms with Crippen molar-refractivity contribution >= 4 is 34.7 Å². The van der Waals surface area contributed by atoms with Gasteiger partial charge in [0.1, 0.15) is 29.0 Å². The van der Waals surface area contributed by atoms with Crippen LogP contribution in [0.3, 0.4) is 0 Å². The largest absolute Gasteiger partial charge is 0.340 e. The fourth-order valence-electron chi connectivity index (χ4n) is 2.23. The van der Waals surface area contributed by atoms with E-state index >= 15 is 0 Å². The molecule has 2 aromatic carbocycles. The molecule has 0 radical (unpaired) electrons. The van der Waals surface area contributed by atoms with E-state index in [1.165, 1.54) is 30.3 Å². The fourth-order valence-corrected chi connectivity index (χ4v) is 2.41. The van der Waals surface area contributed by atoms with Gasteiger partial charge in [0.05, 0.1) is 5.02 Å². The molecule has 1 heterocycles. The van der Waals surface area contributed by atoms with Crippen LogP contribution in [0.1, 0.15) is 16.3 Å². The van der Waals surface area contributed by atoms with Crippen LogP contribution < -0.4 is 10.6 Å². The quantitative estimate of drug-likeness (QED) is 0.694. The minimum absolute atomic E-state index is 0.0943. The van der Waals surface area contributed by atoms with Gasteiger partial charge in [0, 0.05) is 17.4 Å². The number of carbonyl (C=O) groups excluding carboxylic acids is 1. The summed E-state index contributed by atoms with van der Waals surface area (Å²) in [5.74, 6) is -0.796. The van der Waals surface area contributed by atoms with Crippen molar-refractivity contribution in [2.24, 2.45) is 0 Å². The Morgan fingerprint density at radius 1 is 1.04 bits per heavy atom. The lowest BCUT2D eigenvalue weighted by Gasteiger charge is -2.09. The van der Waals surface area contributed by atoms with E-state index in [0.717, 1.165) is 6.07 Å². The summed E-state index contributed by atoms with van der Waals surface area (Å²) in [6.07, 6.45) is 0. The van der Waals surface area contributed by atoms with Gasteiger partial charge in [-0.3, -0.25) is 4.79 Å². The molecule has 3 aromatic rings. The molecule has 1 amide bonds. The molecule has 0 aliphatic rings. The van der Waals surface area contributed by atoms with Gasteiger partial charge in [-0.15, -0.1) is 0 Å². The third kappa shape index (κ3) is 4.31. The van der Waals surface area contributed by atoms with Crippen LogP contribution >= 0.6 is 11.6 Å². The summed E-state index contributed by atoms with van der Waals surface area (Å²) in [6.45, 7) is 1.63. The molecule has 26 heavy (non-hydrogen) atoms. The monoisotopic (exact) mass is 374 g/mol. The fraction of sp³-hybridized carbons (Fsp3) is 0.0556. The van der Waals surface area contributed by atoms with Crippen molar-refractivity contribution in [1.82, 2.24) is 9.97 Å². The molecular weight excluding hydrogens is 362 g/mol. The Morgan fingerprint density at radius 3 is 2.58 bits per heavy atom. The number of nitrogens with zero attached hydrogens (tertiary/aromatic N) is 2. The van der Waals surface area contributed by atoms with E-state index in [1.54, 1.807) is 19.1 Å². The standard InChI is InChI=1S/C18H13ClF2N4O/c1-10-22-16(18(26)25-13-5-6-15(21)14(19)8-13)9-17(23-10)24-12-4-2-3-11(20)7-12/h2-9H,1H3,(H,25,26)(H,22,23,24). The Kier molecular flexibility index (Phi) is 5.09. The number of aryl methyl sites for hydroxylation is 1. The minimum Gasteiger partial charge on any atom is -0.340 e. The highest BCUT2D eigenvalue weighted by molar-refractivity contribution is 6.31. The zero-order valence-electron chi connectivity index (χ0n) is 13.6. The molecule has 132 valence electrons. The molecule has 0 aliphatic heterocycles. The van der Waals surface area contributed by atoms with E-state index in [1.807, 2.05) is 0 Å². The molecule has 2 N–H and O–H groups in total. The minimum atomic E-state index is -0.580. The topological polar surface area (TPSA) is 66.9 Å². The van der Waals surface area contributed by atoms with E-state index < -0.39 is 17.5 Å². The molecule has 0 saturated heterocycles. The second-order valence-electron chi connectivity index (χ2n) is 5.40. The second kappa shape index (κ2) is 7.45. The number of hydrogen-bond donors (Lipinski definition) is 2. The Balaban J connectivity index is 1.82. The molecule has 8 heteroatoms. The number of rotatable bonds is 4. The number of halogens is 3. The molecular formula is C18H13ClF2N4O. The zero-order chi connectivity index (χ0) is 18.7. The first-order chi connectivity index (χ1) is 12.4. The van der Waals surface area contributed by atoms with Crippen molar-refractivity contribution < 1.29 is 13.6 Å². The number of hydrogen-bond acceptors (Lipinski definition) is 4. The lowest BCUT2D eigenvalue weighted by Crippen LogP contribution is -2.15. The van der Waals surface area contributed by atoms with Crippen LogP contribution in [0.2, 0.25) is 5.02 Å².